The van der Waals surface area contributed by atoms with Crippen LogP contribution in [0, 0.1) is 0 Å². The van der Waals surface area contributed by atoms with Gasteiger partial charge in [-0.15, -0.1) is 4.40 Å². The molecule has 0 amide bonds. The quantitative estimate of drug-likeness (QED) is 0.878. The first-order chi connectivity index (χ1) is 11.1. The first-order valence-corrected chi connectivity index (χ1v) is 9.33. The molecule has 1 N–H and O–H groups in total. The van der Waals surface area contributed by atoms with Crippen LogP contribution in [-0.4, -0.2) is 50.6 Å². The molecular formula is C16H21NO5S. The summed E-state index contributed by atoms with van der Waals surface area (Å²) in [6.07, 6.45) is 1.07. The Morgan fingerprint density at radius 3 is 2.83 bits per heavy atom. The molecule has 1 aromatic rings. The molecule has 1 saturated heterocycles. The van der Waals surface area contributed by atoms with Crippen molar-refractivity contribution >= 4 is 15.9 Å². The van der Waals surface area contributed by atoms with Gasteiger partial charge in [0, 0.05) is 19.4 Å². The van der Waals surface area contributed by atoms with E-state index in [1.807, 2.05) is 30.3 Å². The van der Waals surface area contributed by atoms with Crippen LogP contribution in [0.3, 0.4) is 0 Å². The molecule has 3 atom stereocenters. The maximum atomic E-state index is 12.3. The normalized spacial score (nSPS) is 27.4. The number of sulfonamides is 1. The monoisotopic (exact) mass is 339 g/mol. The lowest BCUT2D eigenvalue weighted by atomic mass is 9.93. The van der Waals surface area contributed by atoms with Gasteiger partial charge in [0.15, 0.2) is 0 Å². The first kappa shape index (κ1) is 16.4. The number of aliphatic hydroxyl groups excluding tert-OH is 1. The topological polar surface area (TPSA) is 85.2 Å². The molecule has 0 spiro atoms. The van der Waals surface area contributed by atoms with Crippen molar-refractivity contribution < 1.29 is 23.0 Å². The van der Waals surface area contributed by atoms with Crippen LogP contribution in [0.1, 0.15) is 30.7 Å². The Kier molecular flexibility index (Phi) is 4.99. The second kappa shape index (κ2) is 6.98. The molecule has 1 aromatic carbocycles. The van der Waals surface area contributed by atoms with Gasteiger partial charge in [0.1, 0.15) is 11.4 Å². The standard InChI is InChI=1S/C16H21NO5S/c18-8-6-13(12-4-2-1-3-5-12)10-16-17-23(19,20)15-11-21-9-7-14(15)22-16/h1-5,13-15,18H,6-11H2. The molecule has 2 heterocycles. The predicted octanol–water partition coefficient (Wildman–Crippen LogP) is 1.46. The van der Waals surface area contributed by atoms with Crippen molar-refractivity contribution in [1.82, 2.24) is 0 Å². The average molecular weight is 339 g/mol. The van der Waals surface area contributed by atoms with E-state index in [9.17, 15) is 13.5 Å². The summed E-state index contributed by atoms with van der Waals surface area (Å²) >= 11 is 0. The van der Waals surface area contributed by atoms with E-state index in [4.69, 9.17) is 9.47 Å². The summed E-state index contributed by atoms with van der Waals surface area (Å²) in [4.78, 5) is 0. The molecular weight excluding hydrogens is 318 g/mol. The van der Waals surface area contributed by atoms with Gasteiger partial charge in [-0.2, -0.15) is 0 Å². The first-order valence-electron chi connectivity index (χ1n) is 7.83. The molecule has 3 unspecified atom stereocenters. The minimum Gasteiger partial charge on any atom is -0.475 e. The van der Waals surface area contributed by atoms with Crippen LogP contribution in [0.25, 0.3) is 0 Å². The molecule has 0 aromatic heterocycles. The fraction of sp³-hybridized carbons (Fsp3) is 0.562. The second-order valence-corrected chi connectivity index (χ2v) is 7.70. The van der Waals surface area contributed by atoms with Gasteiger partial charge in [-0.25, -0.2) is 8.42 Å². The Morgan fingerprint density at radius 2 is 2.09 bits per heavy atom. The molecule has 23 heavy (non-hydrogen) atoms. The van der Waals surface area contributed by atoms with Crippen molar-refractivity contribution in [2.24, 2.45) is 4.40 Å². The lowest BCUT2D eigenvalue weighted by Crippen LogP contribution is -2.47. The zero-order valence-corrected chi connectivity index (χ0v) is 13.6. The van der Waals surface area contributed by atoms with Crippen LogP contribution < -0.4 is 0 Å². The van der Waals surface area contributed by atoms with Crippen LogP contribution in [0.2, 0.25) is 0 Å². The maximum absolute atomic E-state index is 12.3. The van der Waals surface area contributed by atoms with Crippen molar-refractivity contribution in [2.75, 3.05) is 19.8 Å². The Hall–Kier alpha value is -1.44. The second-order valence-electron chi connectivity index (χ2n) is 5.88. The summed E-state index contributed by atoms with van der Waals surface area (Å²) in [6.45, 7) is 0.671. The number of hydrogen-bond acceptors (Lipinski definition) is 5. The number of fused-ring (bicyclic) bond motifs is 1. The number of rotatable bonds is 5. The van der Waals surface area contributed by atoms with Crippen LogP contribution in [0.4, 0.5) is 0 Å². The highest BCUT2D eigenvalue weighted by Crippen LogP contribution is 2.30. The third-order valence-corrected chi connectivity index (χ3v) is 5.98. The SMILES string of the molecule is O=S1(=O)N=C(CC(CCO)c2ccccc2)OC2CCOCC21. The zero-order valence-electron chi connectivity index (χ0n) is 12.8. The number of benzene rings is 1. The van der Waals surface area contributed by atoms with E-state index in [2.05, 4.69) is 4.40 Å². The summed E-state index contributed by atoms with van der Waals surface area (Å²) in [7, 11) is -3.60. The Labute approximate surface area is 136 Å². The van der Waals surface area contributed by atoms with E-state index in [-0.39, 0.29) is 31.1 Å². The molecule has 0 bridgehead atoms. The molecule has 0 aliphatic carbocycles. The number of hydrogen-bond donors (Lipinski definition) is 1. The van der Waals surface area contributed by atoms with Gasteiger partial charge >= 0.3 is 0 Å². The molecule has 3 rings (SSSR count). The Bertz CT molecular complexity index is 658. The van der Waals surface area contributed by atoms with Crippen molar-refractivity contribution in [1.29, 1.82) is 0 Å². The van der Waals surface area contributed by atoms with Crippen LogP contribution in [0.15, 0.2) is 34.7 Å². The maximum Gasteiger partial charge on any atom is 0.265 e. The lowest BCUT2D eigenvalue weighted by Gasteiger charge is -2.34. The summed E-state index contributed by atoms with van der Waals surface area (Å²) in [5.74, 6) is 0.224. The van der Waals surface area contributed by atoms with Gasteiger partial charge in [-0.05, 0) is 17.9 Å². The lowest BCUT2D eigenvalue weighted by molar-refractivity contribution is 0.0197. The minimum absolute atomic E-state index is 0.0217. The predicted molar refractivity (Wildman–Crippen MR) is 86.0 cm³/mol. The summed E-state index contributed by atoms with van der Waals surface area (Å²) in [6, 6.07) is 9.71. The Balaban J connectivity index is 1.81. The van der Waals surface area contributed by atoms with Crippen molar-refractivity contribution in [3.63, 3.8) is 0 Å². The highest BCUT2D eigenvalue weighted by Gasteiger charge is 2.42. The highest BCUT2D eigenvalue weighted by atomic mass is 32.2. The number of ether oxygens (including phenoxy) is 2. The minimum atomic E-state index is -3.60. The molecule has 0 radical (unpaired) electrons. The molecule has 2 aliphatic heterocycles. The van der Waals surface area contributed by atoms with Crippen LogP contribution in [0.5, 0.6) is 0 Å². The van der Waals surface area contributed by atoms with E-state index in [0.717, 1.165) is 5.56 Å². The Morgan fingerprint density at radius 1 is 1.30 bits per heavy atom. The van der Waals surface area contributed by atoms with E-state index in [1.165, 1.54) is 0 Å². The van der Waals surface area contributed by atoms with Gasteiger partial charge in [0.25, 0.3) is 10.0 Å². The highest BCUT2D eigenvalue weighted by molar-refractivity contribution is 7.91. The fourth-order valence-electron chi connectivity index (χ4n) is 3.07. The van der Waals surface area contributed by atoms with E-state index in [0.29, 0.717) is 25.9 Å². The molecule has 1 fully saturated rings. The van der Waals surface area contributed by atoms with Gasteiger partial charge in [-0.1, -0.05) is 30.3 Å². The molecule has 126 valence electrons. The molecule has 6 nitrogen and oxygen atoms in total. The molecule has 2 aliphatic rings. The van der Waals surface area contributed by atoms with E-state index >= 15 is 0 Å². The third-order valence-electron chi connectivity index (χ3n) is 4.31. The summed E-state index contributed by atoms with van der Waals surface area (Å²) < 4.78 is 39.5. The molecule has 0 saturated carbocycles. The van der Waals surface area contributed by atoms with E-state index in [1.54, 1.807) is 0 Å². The van der Waals surface area contributed by atoms with Gasteiger partial charge in [-0.3, -0.25) is 0 Å². The average Bonchev–Trinajstić information content (AvgIpc) is 2.55. The number of nitrogens with zero attached hydrogens (tertiary/aromatic N) is 1. The van der Waals surface area contributed by atoms with Crippen LogP contribution >= 0.6 is 0 Å². The smallest absolute Gasteiger partial charge is 0.265 e. The van der Waals surface area contributed by atoms with Crippen molar-refractivity contribution in [3.05, 3.63) is 35.9 Å². The van der Waals surface area contributed by atoms with E-state index < -0.39 is 15.3 Å². The number of aliphatic hydroxyl groups is 1. The fourth-order valence-corrected chi connectivity index (χ4v) is 4.45. The van der Waals surface area contributed by atoms with Gasteiger partial charge in [0.2, 0.25) is 5.90 Å². The molecule has 7 heteroatoms. The third kappa shape index (κ3) is 3.73. The summed E-state index contributed by atoms with van der Waals surface area (Å²) in [5, 5.41) is 8.60. The van der Waals surface area contributed by atoms with Crippen LogP contribution in [-0.2, 0) is 19.5 Å². The van der Waals surface area contributed by atoms with Crippen molar-refractivity contribution in [2.45, 2.75) is 36.5 Å². The summed E-state index contributed by atoms with van der Waals surface area (Å²) in [5.41, 5.74) is 1.04. The van der Waals surface area contributed by atoms with Gasteiger partial charge < -0.3 is 14.6 Å². The van der Waals surface area contributed by atoms with Gasteiger partial charge in [0.05, 0.1) is 13.2 Å². The van der Waals surface area contributed by atoms with Crippen molar-refractivity contribution in [3.8, 4) is 0 Å². The largest absolute Gasteiger partial charge is 0.475 e. The zero-order chi connectivity index (χ0) is 16.3.